The van der Waals surface area contributed by atoms with E-state index in [0.717, 1.165) is 16.9 Å². The van der Waals surface area contributed by atoms with Crippen LogP contribution in [0.4, 0.5) is 0 Å². The minimum atomic E-state index is -3.88. The van der Waals surface area contributed by atoms with Crippen LogP contribution in [0.3, 0.4) is 0 Å². The van der Waals surface area contributed by atoms with Crippen molar-refractivity contribution in [2.45, 2.75) is 29.5 Å². The Morgan fingerprint density at radius 2 is 1.88 bits per heavy atom. The van der Waals surface area contributed by atoms with E-state index in [4.69, 9.17) is 5.11 Å². The van der Waals surface area contributed by atoms with Gasteiger partial charge < -0.3 is 9.84 Å². The standard InChI is InChI=1S/C17H19NO6S2/c1-24-17(21)14-8-10-16(25-14)26(22,23)18-13(7-9-15(19)20)11-12-5-3-2-4-6-12/h2-6,8,10,13,18H,7,9,11H2,1H3,(H,19,20). The summed E-state index contributed by atoms with van der Waals surface area (Å²) in [6, 6.07) is 11.3. The number of hydrogen-bond acceptors (Lipinski definition) is 6. The normalized spacial score (nSPS) is 12.5. The van der Waals surface area contributed by atoms with Gasteiger partial charge in [0.1, 0.15) is 9.09 Å². The molecule has 0 amide bonds. The molecule has 9 heteroatoms. The van der Waals surface area contributed by atoms with Crippen molar-refractivity contribution >= 4 is 33.3 Å². The molecular weight excluding hydrogens is 378 g/mol. The Labute approximate surface area is 155 Å². The van der Waals surface area contributed by atoms with Crippen LogP contribution in [0.15, 0.2) is 46.7 Å². The number of thiophene rings is 1. The number of benzene rings is 1. The number of nitrogens with one attached hydrogen (secondary N) is 1. The topological polar surface area (TPSA) is 110 Å². The first kappa shape index (κ1) is 20.1. The van der Waals surface area contributed by atoms with Gasteiger partial charge in [0.05, 0.1) is 7.11 Å². The van der Waals surface area contributed by atoms with E-state index in [2.05, 4.69) is 9.46 Å². The van der Waals surface area contributed by atoms with Gasteiger partial charge in [-0.2, -0.15) is 0 Å². The SMILES string of the molecule is COC(=O)c1ccc(S(=O)(=O)NC(CCC(=O)O)Cc2ccccc2)s1. The zero-order valence-corrected chi connectivity index (χ0v) is 15.7. The fourth-order valence-corrected chi connectivity index (χ4v) is 4.86. The summed E-state index contributed by atoms with van der Waals surface area (Å²) in [4.78, 5) is 22.6. The molecular formula is C17H19NO6S2. The molecule has 0 aliphatic rings. The zero-order valence-electron chi connectivity index (χ0n) is 14.0. The lowest BCUT2D eigenvalue weighted by atomic mass is 10.0. The van der Waals surface area contributed by atoms with E-state index >= 15 is 0 Å². The fraction of sp³-hybridized carbons (Fsp3) is 0.294. The van der Waals surface area contributed by atoms with Crippen molar-refractivity contribution in [1.82, 2.24) is 4.72 Å². The van der Waals surface area contributed by atoms with E-state index < -0.39 is 28.0 Å². The predicted molar refractivity (Wildman–Crippen MR) is 96.8 cm³/mol. The number of hydrogen-bond donors (Lipinski definition) is 2. The molecule has 0 saturated carbocycles. The molecule has 2 N–H and O–H groups in total. The van der Waals surface area contributed by atoms with Crippen LogP contribution in [0.25, 0.3) is 0 Å². The van der Waals surface area contributed by atoms with Crippen LogP contribution in [0.5, 0.6) is 0 Å². The van der Waals surface area contributed by atoms with Crippen LogP contribution in [0.2, 0.25) is 0 Å². The Balaban J connectivity index is 2.17. The van der Waals surface area contributed by atoms with Crippen molar-refractivity contribution in [3.63, 3.8) is 0 Å². The van der Waals surface area contributed by atoms with Gasteiger partial charge in [0.2, 0.25) is 10.0 Å². The number of sulfonamides is 1. The van der Waals surface area contributed by atoms with E-state index in [1.54, 1.807) is 0 Å². The second-order valence-corrected chi connectivity index (χ2v) is 8.58. The smallest absolute Gasteiger partial charge is 0.348 e. The minimum absolute atomic E-state index is 0.0220. The number of aliphatic carboxylic acids is 1. The highest BCUT2D eigenvalue weighted by molar-refractivity contribution is 7.91. The zero-order chi connectivity index (χ0) is 19.2. The van der Waals surface area contributed by atoms with Crippen molar-refractivity contribution in [2.75, 3.05) is 7.11 Å². The first-order valence-electron chi connectivity index (χ1n) is 7.78. The number of carbonyl (C=O) groups excluding carboxylic acids is 1. The van der Waals surface area contributed by atoms with Gasteiger partial charge in [-0.05, 0) is 30.5 Å². The predicted octanol–water partition coefficient (Wildman–Crippen LogP) is 2.29. The maximum atomic E-state index is 12.6. The summed E-state index contributed by atoms with van der Waals surface area (Å²) in [5, 5.41) is 8.91. The van der Waals surface area contributed by atoms with Gasteiger partial charge in [-0.15, -0.1) is 11.3 Å². The molecule has 0 bridgehead atoms. The summed E-state index contributed by atoms with van der Waals surface area (Å²) in [6.07, 6.45) is 0.360. The highest BCUT2D eigenvalue weighted by atomic mass is 32.2. The third-order valence-electron chi connectivity index (χ3n) is 3.59. The number of methoxy groups -OCH3 is 1. The Hall–Kier alpha value is -2.23. The van der Waals surface area contributed by atoms with E-state index in [-0.39, 0.29) is 21.9 Å². The third-order valence-corrected chi connectivity index (χ3v) is 6.66. The Morgan fingerprint density at radius 1 is 1.19 bits per heavy atom. The van der Waals surface area contributed by atoms with Gasteiger partial charge in [-0.1, -0.05) is 30.3 Å². The van der Waals surface area contributed by atoms with Crippen LogP contribution in [-0.2, 0) is 26.0 Å². The Morgan fingerprint density at radius 3 is 2.50 bits per heavy atom. The molecule has 1 aromatic heterocycles. The molecule has 2 rings (SSSR count). The monoisotopic (exact) mass is 397 g/mol. The van der Waals surface area contributed by atoms with Gasteiger partial charge in [0.25, 0.3) is 0 Å². The summed E-state index contributed by atoms with van der Waals surface area (Å²) in [5.74, 6) is -1.60. The summed E-state index contributed by atoms with van der Waals surface area (Å²) in [6.45, 7) is 0. The number of ether oxygens (including phenoxy) is 1. The van der Waals surface area contributed by atoms with Crippen molar-refractivity contribution in [3.05, 3.63) is 52.9 Å². The van der Waals surface area contributed by atoms with Crippen molar-refractivity contribution in [3.8, 4) is 0 Å². The van der Waals surface area contributed by atoms with E-state index in [9.17, 15) is 18.0 Å². The van der Waals surface area contributed by atoms with E-state index in [1.165, 1.54) is 19.2 Å². The number of rotatable bonds is 9. The summed E-state index contributed by atoms with van der Waals surface area (Å²) in [7, 11) is -2.66. The third kappa shape index (κ3) is 5.65. The van der Waals surface area contributed by atoms with Gasteiger partial charge in [-0.3, -0.25) is 4.79 Å². The fourth-order valence-electron chi connectivity index (χ4n) is 2.35. The molecule has 0 aliphatic heterocycles. The second kappa shape index (κ2) is 8.93. The molecule has 1 heterocycles. The van der Waals surface area contributed by atoms with Crippen LogP contribution < -0.4 is 4.72 Å². The van der Waals surface area contributed by atoms with Crippen molar-refractivity contribution in [1.29, 1.82) is 0 Å². The molecule has 0 spiro atoms. The lowest BCUT2D eigenvalue weighted by molar-refractivity contribution is -0.137. The Bertz CT molecular complexity index is 860. The van der Waals surface area contributed by atoms with E-state index in [0.29, 0.717) is 6.42 Å². The number of carboxylic acids is 1. The largest absolute Gasteiger partial charge is 0.481 e. The van der Waals surface area contributed by atoms with Crippen LogP contribution in [0.1, 0.15) is 28.1 Å². The first-order valence-corrected chi connectivity index (χ1v) is 10.1. The number of esters is 1. The van der Waals surface area contributed by atoms with Gasteiger partial charge in [0.15, 0.2) is 0 Å². The highest BCUT2D eigenvalue weighted by Gasteiger charge is 2.24. The van der Waals surface area contributed by atoms with Crippen LogP contribution >= 0.6 is 11.3 Å². The summed E-state index contributed by atoms with van der Waals surface area (Å²) < 4.78 is 32.3. The van der Waals surface area contributed by atoms with E-state index in [1.807, 2.05) is 30.3 Å². The molecule has 1 atom stereocenters. The van der Waals surface area contributed by atoms with Crippen molar-refractivity contribution < 1.29 is 27.9 Å². The molecule has 0 fully saturated rings. The molecule has 26 heavy (non-hydrogen) atoms. The maximum absolute atomic E-state index is 12.6. The first-order chi connectivity index (χ1) is 12.3. The highest BCUT2D eigenvalue weighted by Crippen LogP contribution is 2.23. The average molecular weight is 397 g/mol. The van der Waals surface area contributed by atoms with Crippen LogP contribution in [0, 0.1) is 0 Å². The molecule has 0 radical (unpaired) electrons. The van der Waals surface area contributed by atoms with Gasteiger partial charge in [0, 0.05) is 12.5 Å². The van der Waals surface area contributed by atoms with Gasteiger partial charge in [-0.25, -0.2) is 17.9 Å². The molecule has 0 saturated heterocycles. The summed E-state index contributed by atoms with van der Waals surface area (Å²) >= 11 is 0.804. The Kier molecular flexibility index (Phi) is 6.90. The summed E-state index contributed by atoms with van der Waals surface area (Å²) in [5.41, 5.74) is 0.895. The molecule has 1 unspecified atom stereocenters. The average Bonchev–Trinajstić information content (AvgIpc) is 3.11. The molecule has 2 aromatic rings. The molecule has 1 aromatic carbocycles. The van der Waals surface area contributed by atoms with Crippen molar-refractivity contribution in [2.24, 2.45) is 0 Å². The second-order valence-electron chi connectivity index (χ2n) is 5.55. The lowest BCUT2D eigenvalue weighted by Crippen LogP contribution is -2.36. The molecule has 140 valence electrons. The number of carboxylic acid groups (broad SMARTS) is 1. The molecule has 0 aliphatic carbocycles. The molecule has 7 nitrogen and oxygen atoms in total. The van der Waals surface area contributed by atoms with Gasteiger partial charge >= 0.3 is 11.9 Å². The lowest BCUT2D eigenvalue weighted by Gasteiger charge is -2.17. The van der Waals surface area contributed by atoms with Crippen LogP contribution in [-0.4, -0.2) is 38.6 Å². The minimum Gasteiger partial charge on any atom is -0.481 e. The number of carbonyl (C=O) groups is 2. The quantitative estimate of drug-likeness (QED) is 0.628. The maximum Gasteiger partial charge on any atom is 0.348 e.